The van der Waals surface area contributed by atoms with Crippen LogP contribution >= 0.6 is 0 Å². The second-order valence-electron chi connectivity index (χ2n) is 12.4. The van der Waals surface area contributed by atoms with Crippen molar-refractivity contribution >= 4 is 5.97 Å². The van der Waals surface area contributed by atoms with E-state index in [-0.39, 0.29) is 22.2 Å². The SMILES string of the molecule is C[C@H]1C=C(N=O)[C@@]2(C)C1CC[C@]1(C)C2CC=C2C3[C@@H](C)CCCC3(C(=O)O)CC[C@]21C. The van der Waals surface area contributed by atoms with E-state index < -0.39 is 11.4 Å². The lowest BCUT2D eigenvalue weighted by Gasteiger charge is -2.68. The Kier molecular flexibility index (Phi) is 4.52. The van der Waals surface area contributed by atoms with Gasteiger partial charge in [-0.1, -0.05) is 65.2 Å². The Morgan fingerprint density at radius 2 is 1.84 bits per heavy atom. The van der Waals surface area contributed by atoms with Crippen LogP contribution in [-0.2, 0) is 4.79 Å². The van der Waals surface area contributed by atoms with Crippen molar-refractivity contribution in [3.8, 4) is 0 Å². The van der Waals surface area contributed by atoms with Gasteiger partial charge in [0.15, 0.2) is 0 Å². The average molecular weight is 426 g/mol. The van der Waals surface area contributed by atoms with E-state index in [0.717, 1.165) is 57.1 Å². The summed E-state index contributed by atoms with van der Waals surface area (Å²) in [6, 6.07) is 0. The van der Waals surface area contributed by atoms with Crippen LogP contribution in [0.3, 0.4) is 0 Å². The maximum absolute atomic E-state index is 12.6. The monoisotopic (exact) mass is 425 g/mol. The highest BCUT2D eigenvalue weighted by atomic mass is 16.4. The molecule has 0 aromatic heterocycles. The molecule has 9 atom stereocenters. The van der Waals surface area contributed by atoms with Gasteiger partial charge in [-0.05, 0) is 84.1 Å². The Hall–Kier alpha value is -1.45. The molecule has 0 aromatic carbocycles. The number of nitrogens with zero attached hydrogens (tertiary/aromatic N) is 1. The lowest BCUT2D eigenvalue weighted by molar-refractivity contribution is -0.169. The third-order valence-corrected chi connectivity index (χ3v) is 11.7. The van der Waals surface area contributed by atoms with Crippen molar-refractivity contribution in [2.75, 3.05) is 0 Å². The summed E-state index contributed by atoms with van der Waals surface area (Å²) in [7, 11) is 0. The van der Waals surface area contributed by atoms with Crippen molar-refractivity contribution < 1.29 is 9.90 Å². The fraction of sp³-hybridized carbons (Fsp3) is 0.815. The smallest absolute Gasteiger partial charge is 0.310 e. The summed E-state index contributed by atoms with van der Waals surface area (Å²) < 4.78 is 0. The molecule has 4 nitrogen and oxygen atoms in total. The molecule has 0 spiro atoms. The van der Waals surface area contributed by atoms with E-state index in [4.69, 9.17) is 0 Å². The van der Waals surface area contributed by atoms with Gasteiger partial charge in [0.1, 0.15) is 0 Å². The summed E-state index contributed by atoms with van der Waals surface area (Å²) in [4.78, 5) is 24.5. The molecule has 0 bridgehead atoms. The number of carboxylic acids is 1. The minimum Gasteiger partial charge on any atom is -0.481 e. The molecule has 0 aromatic rings. The summed E-state index contributed by atoms with van der Waals surface area (Å²) in [5.74, 6) is 1.29. The van der Waals surface area contributed by atoms with Crippen molar-refractivity contribution in [3.63, 3.8) is 0 Å². The molecular weight excluding hydrogens is 386 g/mol. The molecular formula is C27H39NO3. The molecule has 0 heterocycles. The van der Waals surface area contributed by atoms with Crippen LogP contribution in [-0.4, -0.2) is 11.1 Å². The first-order valence-electron chi connectivity index (χ1n) is 12.6. The van der Waals surface area contributed by atoms with Gasteiger partial charge in [-0.15, -0.1) is 4.91 Å². The quantitative estimate of drug-likeness (QED) is 0.384. The van der Waals surface area contributed by atoms with Gasteiger partial charge in [0.05, 0.1) is 11.1 Å². The van der Waals surface area contributed by atoms with Crippen molar-refractivity contribution in [2.45, 2.75) is 86.0 Å². The highest BCUT2D eigenvalue weighted by molar-refractivity contribution is 5.76. The number of allylic oxidation sites excluding steroid dienone is 4. The van der Waals surface area contributed by atoms with Crippen LogP contribution in [0.2, 0.25) is 0 Å². The first-order chi connectivity index (χ1) is 14.6. The van der Waals surface area contributed by atoms with Crippen LogP contribution in [0.4, 0.5) is 0 Å². The Morgan fingerprint density at radius 3 is 2.52 bits per heavy atom. The molecule has 4 heteroatoms. The predicted octanol–water partition coefficient (Wildman–Crippen LogP) is 6.96. The second kappa shape index (κ2) is 6.54. The van der Waals surface area contributed by atoms with Gasteiger partial charge in [0.2, 0.25) is 0 Å². The number of rotatable bonds is 2. The average Bonchev–Trinajstić information content (AvgIpc) is 2.98. The Labute approximate surface area is 186 Å². The molecule has 31 heavy (non-hydrogen) atoms. The van der Waals surface area contributed by atoms with Crippen molar-refractivity contribution in [3.05, 3.63) is 28.3 Å². The van der Waals surface area contributed by atoms with Crippen LogP contribution in [0.25, 0.3) is 0 Å². The van der Waals surface area contributed by atoms with Gasteiger partial charge in [0.25, 0.3) is 0 Å². The van der Waals surface area contributed by atoms with Crippen LogP contribution in [0, 0.1) is 56.2 Å². The van der Waals surface area contributed by atoms with Crippen LogP contribution in [0.1, 0.15) is 86.0 Å². The molecule has 4 unspecified atom stereocenters. The van der Waals surface area contributed by atoms with E-state index in [1.165, 1.54) is 5.57 Å². The molecule has 5 aliphatic rings. The normalized spacial score (nSPS) is 53.3. The Balaban J connectivity index is 1.64. The van der Waals surface area contributed by atoms with E-state index in [0.29, 0.717) is 23.7 Å². The maximum atomic E-state index is 12.6. The molecule has 0 aliphatic heterocycles. The number of nitroso groups, excluding NO2 is 1. The predicted molar refractivity (Wildman–Crippen MR) is 122 cm³/mol. The third-order valence-electron chi connectivity index (χ3n) is 11.7. The van der Waals surface area contributed by atoms with Crippen LogP contribution < -0.4 is 0 Å². The summed E-state index contributed by atoms with van der Waals surface area (Å²) in [6.07, 6.45) is 12.6. The second-order valence-corrected chi connectivity index (χ2v) is 12.4. The number of carbonyl (C=O) groups is 1. The minimum absolute atomic E-state index is 0.00106. The lowest BCUT2D eigenvalue weighted by atomic mass is 9.36. The summed E-state index contributed by atoms with van der Waals surface area (Å²) in [5, 5.41) is 14.0. The van der Waals surface area contributed by atoms with Crippen molar-refractivity contribution in [2.24, 2.45) is 56.4 Å². The molecule has 3 saturated carbocycles. The minimum atomic E-state index is -0.579. The standard InChI is InChI=1S/C27H39NO3/c1-16-7-6-11-27(23(29)30)14-13-24(3)19(22(16)27)8-9-20-25(24,4)12-10-18-17(2)15-21(28-31)26(18,20)5/h8,15-18,20,22H,6-7,9-14H2,1-5H3,(H,29,30)/t16-,17-,18?,20?,22?,24+,25+,26-,27?/m0/s1. The lowest BCUT2D eigenvalue weighted by Crippen LogP contribution is -2.62. The Bertz CT molecular complexity index is 891. The van der Waals surface area contributed by atoms with Gasteiger partial charge >= 0.3 is 5.97 Å². The number of hydrogen-bond donors (Lipinski definition) is 1. The highest BCUT2D eigenvalue weighted by Gasteiger charge is 2.69. The number of aliphatic carboxylic acids is 1. The molecule has 5 rings (SSSR count). The van der Waals surface area contributed by atoms with Crippen molar-refractivity contribution in [1.82, 2.24) is 0 Å². The topological polar surface area (TPSA) is 66.7 Å². The van der Waals surface area contributed by atoms with E-state index in [2.05, 4.69) is 51.9 Å². The number of carboxylic acid groups (broad SMARTS) is 1. The van der Waals surface area contributed by atoms with Crippen LogP contribution in [0.15, 0.2) is 28.6 Å². The summed E-state index contributed by atoms with van der Waals surface area (Å²) in [6.45, 7) is 11.8. The van der Waals surface area contributed by atoms with Crippen LogP contribution in [0.5, 0.6) is 0 Å². The molecule has 1 N–H and O–H groups in total. The largest absolute Gasteiger partial charge is 0.481 e. The van der Waals surface area contributed by atoms with E-state index in [9.17, 15) is 14.8 Å². The zero-order valence-corrected chi connectivity index (χ0v) is 19.9. The summed E-state index contributed by atoms with van der Waals surface area (Å²) >= 11 is 0. The van der Waals surface area contributed by atoms with Gasteiger partial charge in [0, 0.05) is 5.41 Å². The van der Waals surface area contributed by atoms with E-state index in [1.54, 1.807) is 0 Å². The van der Waals surface area contributed by atoms with Gasteiger partial charge < -0.3 is 5.11 Å². The number of fused-ring (bicyclic) bond motifs is 7. The zero-order valence-electron chi connectivity index (χ0n) is 19.9. The van der Waals surface area contributed by atoms with Crippen molar-refractivity contribution in [1.29, 1.82) is 0 Å². The first-order valence-corrected chi connectivity index (χ1v) is 12.6. The molecule has 5 aliphatic carbocycles. The zero-order chi connectivity index (χ0) is 22.4. The molecule has 0 radical (unpaired) electrons. The maximum Gasteiger partial charge on any atom is 0.310 e. The molecule has 0 saturated heterocycles. The number of hydrogen-bond acceptors (Lipinski definition) is 3. The fourth-order valence-electron chi connectivity index (χ4n) is 9.88. The summed E-state index contributed by atoms with van der Waals surface area (Å²) in [5.41, 5.74) is 1.55. The van der Waals surface area contributed by atoms with E-state index >= 15 is 0 Å². The Morgan fingerprint density at radius 1 is 1.10 bits per heavy atom. The van der Waals surface area contributed by atoms with Gasteiger partial charge in [-0.2, -0.15) is 0 Å². The van der Waals surface area contributed by atoms with E-state index in [1.807, 2.05) is 0 Å². The fourth-order valence-corrected chi connectivity index (χ4v) is 9.88. The molecule has 170 valence electrons. The van der Waals surface area contributed by atoms with Gasteiger partial charge in [-0.3, -0.25) is 4.79 Å². The molecule has 0 amide bonds. The third kappa shape index (κ3) is 2.35. The van der Waals surface area contributed by atoms with Gasteiger partial charge in [-0.25, -0.2) is 0 Å². The first kappa shape index (κ1) is 21.4. The molecule has 3 fully saturated rings. The highest BCUT2D eigenvalue weighted by Crippen LogP contribution is 2.75.